The van der Waals surface area contributed by atoms with Crippen molar-refractivity contribution in [3.05, 3.63) is 64.7 Å². The number of urea groups is 1. The predicted molar refractivity (Wildman–Crippen MR) is 117 cm³/mol. The molecule has 32 heavy (non-hydrogen) atoms. The molecule has 1 unspecified atom stereocenters. The first-order chi connectivity index (χ1) is 15.4. The zero-order chi connectivity index (χ0) is 22.4. The summed E-state index contributed by atoms with van der Waals surface area (Å²) in [7, 11) is 0. The Kier molecular flexibility index (Phi) is 4.92. The van der Waals surface area contributed by atoms with Crippen LogP contribution < -0.4 is 10.6 Å². The van der Waals surface area contributed by atoms with Crippen molar-refractivity contribution in [2.45, 2.75) is 38.3 Å². The highest BCUT2D eigenvalue weighted by Gasteiger charge is 2.39. The molecule has 5 rings (SSSR count). The van der Waals surface area contributed by atoms with E-state index in [-0.39, 0.29) is 30.8 Å². The molecule has 2 fully saturated rings. The number of anilines is 1. The van der Waals surface area contributed by atoms with Crippen LogP contribution in [0.5, 0.6) is 0 Å². The number of nitrogens with one attached hydrogen (secondary N) is 2. The number of nitrogens with zero attached hydrogens (tertiary/aromatic N) is 2. The number of rotatable bonds is 3. The number of carbonyl (C=O) groups is 4. The largest absolute Gasteiger partial charge is 0.323 e. The topological polar surface area (TPSA) is 98.8 Å². The number of piperidine rings is 1. The van der Waals surface area contributed by atoms with Gasteiger partial charge in [0.15, 0.2) is 0 Å². The Morgan fingerprint density at radius 3 is 2.53 bits per heavy atom. The predicted octanol–water partition coefficient (Wildman–Crippen LogP) is 2.39. The Hall–Kier alpha value is -3.68. The lowest BCUT2D eigenvalue weighted by Crippen LogP contribution is -2.52. The average molecular weight is 432 g/mol. The monoisotopic (exact) mass is 432 g/mol. The van der Waals surface area contributed by atoms with Crippen LogP contribution in [-0.4, -0.2) is 52.7 Å². The van der Waals surface area contributed by atoms with Gasteiger partial charge in [0.2, 0.25) is 11.8 Å². The third-order valence-electron chi connectivity index (χ3n) is 6.49. The second kappa shape index (κ2) is 7.78. The van der Waals surface area contributed by atoms with E-state index in [9.17, 15) is 19.2 Å². The number of hydrogen-bond donors (Lipinski definition) is 2. The van der Waals surface area contributed by atoms with Crippen LogP contribution in [0.1, 0.15) is 45.8 Å². The maximum atomic E-state index is 12.8. The SMILES string of the molecule is Cc1ccc(C2CN(C(=O)Nc3ccc4c(c3)CN(C3CCC(=O)NC3=O)C4=O)C2)cc1. The Morgan fingerprint density at radius 1 is 1.06 bits per heavy atom. The molecule has 0 spiro atoms. The second-order valence-corrected chi connectivity index (χ2v) is 8.71. The van der Waals surface area contributed by atoms with Gasteiger partial charge in [-0.05, 0) is 42.7 Å². The molecule has 2 aromatic rings. The molecule has 2 aromatic carbocycles. The van der Waals surface area contributed by atoms with Crippen LogP contribution >= 0.6 is 0 Å². The van der Waals surface area contributed by atoms with Gasteiger partial charge in [0, 0.05) is 43.2 Å². The Morgan fingerprint density at radius 2 is 1.81 bits per heavy atom. The normalized spacial score (nSPS) is 20.7. The minimum absolute atomic E-state index is 0.167. The van der Waals surface area contributed by atoms with E-state index in [1.807, 2.05) is 0 Å². The van der Waals surface area contributed by atoms with Crippen molar-refractivity contribution in [1.29, 1.82) is 0 Å². The van der Waals surface area contributed by atoms with Crippen LogP contribution in [0.2, 0.25) is 0 Å². The zero-order valence-corrected chi connectivity index (χ0v) is 17.8. The molecule has 5 amide bonds. The van der Waals surface area contributed by atoms with E-state index in [4.69, 9.17) is 0 Å². The van der Waals surface area contributed by atoms with Crippen molar-refractivity contribution in [3.63, 3.8) is 0 Å². The van der Waals surface area contributed by atoms with Crippen molar-refractivity contribution in [2.75, 3.05) is 18.4 Å². The highest BCUT2D eigenvalue weighted by molar-refractivity contribution is 6.05. The molecule has 0 radical (unpaired) electrons. The smallest absolute Gasteiger partial charge is 0.321 e. The number of imide groups is 1. The standard InChI is InChI=1S/C24H24N4O4/c1-14-2-4-15(5-3-14)17-11-27(12-17)24(32)25-18-6-7-19-16(10-18)13-28(23(19)31)20-8-9-21(29)26-22(20)30/h2-7,10,17,20H,8-9,11-13H2,1H3,(H,25,32)(H,26,29,30). The van der Waals surface area contributed by atoms with Gasteiger partial charge >= 0.3 is 6.03 Å². The van der Waals surface area contributed by atoms with E-state index in [0.29, 0.717) is 36.7 Å². The minimum atomic E-state index is -0.648. The summed E-state index contributed by atoms with van der Waals surface area (Å²) < 4.78 is 0. The van der Waals surface area contributed by atoms with E-state index < -0.39 is 11.9 Å². The quantitative estimate of drug-likeness (QED) is 0.728. The third kappa shape index (κ3) is 3.62. The van der Waals surface area contributed by atoms with Gasteiger partial charge in [0.1, 0.15) is 6.04 Å². The first kappa shape index (κ1) is 20.2. The number of aryl methyl sites for hydroxylation is 1. The van der Waals surface area contributed by atoms with Gasteiger partial charge in [-0.25, -0.2) is 4.79 Å². The minimum Gasteiger partial charge on any atom is -0.323 e. The Bertz CT molecular complexity index is 1120. The number of likely N-dealkylation sites (tertiary alicyclic amines) is 1. The van der Waals surface area contributed by atoms with Crippen LogP contribution in [0.25, 0.3) is 0 Å². The van der Waals surface area contributed by atoms with Crippen molar-refractivity contribution < 1.29 is 19.2 Å². The second-order valence-electron chi connectivity index (χ2n) is 8.71. The summed E-state index contributed by atoms with van der Waals surface area (Å²) in [4.78, 5) is 52.2. The van der Waals surface area contributed by atoms with Crippen LogP contribution in [0.3, 0.4) is 0 Å². The molecular weight excluding hydrogens is 408 g/mol. The highest BCUT2D eigenvalue weighted by atomic mass is 16.2. The fourth-order valence-corrected chi connectivity index (χ4v) is 4.55. The van der Waals surface area contributed by atoms with Gasteiger partial charge in [-0.15, -0.1) is 0 Å². The maximum Gasteiger partial charge on any atom is 0.321 e. The van der Waals surface area contributed by atoms with E-state index >= 15 is 0 Å². The van der Waals surface area contributed by atoms with Crippen molar-refractivity contribution in [2.24, 2.45) is 0 Å². The summed E-state index contributed by atoms with van der Waals surface area (Å²) in [5, 5.41) is 5.21. The molecule has 1 atom stereocenters. The molecule has 2 N–H and O–H groups in total. The molecule has 8 nitrogen and oxygen atoms in total. The number of fused-ring (bicyclic) bond motifs is 1. The molecule has 164 valence electrons. The summed E-state index contributed by atoms with van der Waals surface area (Å²) in [6.07, 6.45) is 0.544. The van der Waals surface area contributed by atoms with Crippen LogP contribution in [0.15, 0.2) is 42.5 Å². The van der Waals surface area contributed by atoms with E-state index in [0.717, 1.165) is 5.56 Å². The fourth-order valence-electron chi connectivity index (χ4n) is 4.55. The van der Waals surface area contributed by atoms with Gasteiger partial charge in [-0.3, -0.25) is 19.7 Å². The first-order valence-corrected chi connectivity index (χ1v) is 10.8. The average Bonchev–Trinajstić information content (AvgIpc) is 3.04. The summed E-state index contributed by atoms with van der Waals surface area (Å²) in [6, 6.07) is 12.8. The summed E-state index contributed by atoms with van der Waals surface area (Å²) >= 11 is 0. The van der Waals surface area contributed by atoms with Gasteiger partial charge in [0.25, 0.3) is 5.91 Å². The lowest BCUT2D eigenvalue weighted by molar-refractivity contribution is -0.136. The highest BCUT2D eigenvalue weighted by Crippen LogP contribution is 2.31. The molecule has 2 saturated heterocycles. The van der Waals surface area contributed by atoms with E-state index in [1.54, 1.807) is 23.1 Å². The Labute approximate surface area is 185 Å². The summed E-state index contributed by atoms with van der Waals surface area (Å²) in [6.45, 7) is 3.67. The molecule has 3 aliphatic heterocycles. The number of carbonyl (C=O) groups excluding carboxylic acids is 4. The van der Waals surface area contributed by atoms with Crippen molar-refractivity contribution in [3.8, 4) is 0 Å². The van der Waals surface area contributed by atoms with Crippen LogP contribution in [-0.2, 0) is 16.1 Å². The van der Waals surface area contributed by atoms with Crippen molar-refractivity contribution >= 4 is 29.4 Å². The molecule has 8 heteroatoms. The molecule has 3 aliphatic rings. The number of amides is 5. The molecule has 0 bridgehead atoms. The van der Waals surface area contributed by atoms with Crippen molar-refractivity contribution in [1.82, 2.24) is 15.1 Å². The van der Waals surface area contributed by atoms with E-state index in [1.165, 1.54) is 16.0 Å². The van der Waals surface area contributed by atoms with Gasteiger partial charge in [0.05, 0.1) is 0 Å². The van der Waals surface area contributed by atoms with Crippen LogP contribution in [0, 0.1) is 6.92 Å². The molecule has 0 aromatic heterocycles. The molecular formula is C24H24N4O4. The van der Waals surface area contributed by atoms with E-state index in [2.05, 4.69) is 41.8 Å². The third-order valence-corrected chi connectivity index (χ3v) is 6.49. The van der Waals surface area contributed by atoms with Gasteiger partial charge in [-0.1, -0.05) is 29.8 Å². The van der Waals surface area contributed by atoms with Crippen LogP contribution in [0.4, 0.5) is 10.5 Å². The molecule has 3 heterocycles. The molecule has 0 aliphatic carbocycles. The lowest BCUT2D eigenvalue weighted by Gasteiger charge is -2.39. The maximum absolute atomic E-state index is 12.8. The first-order valence-electron chi connectivity index (χ1n) is 10.8. The van der Waals surface area contributed by atoms with Gasteiger partial charge < -0.3 is 15.1 Å². The zero-order valence-electron chi connectivity index (χ0n) is 17.8. The fraction of sp³-hybridized carbons (Fsp3) is 0.333. The molecule has 0 saturated carbocycles. The summed E-state index contributed by atoms with van der Waals surface area (Å²) in [5.41, 5.74) is 4.36. The number of hydrogen-bond acceptors (Lipinski definition) is 4. The Balaban J connectivity index is 1.21. The lowest BCUT2D eigenvalue weighted by atomic mass is 9.91. The summed E-state index contributed by atoms with van der Waals surface area (Å²) in [5.74, 6) is -0.620. The number of benzene rings is 2. The van der Waals surface area contributed by atoms with Gasteiger partial charge in [-0.2, -0.15) is 0 Å².